The Kier molecular flexibility index (Phi) is 2.74. The average Bonchev–Trinajstić information content (AvgIpc) is 2.52. The summed E-state index contributed by atoms with van der Waals surface area (Å²) in [4.78, 5) is 0. The lowest BCUT2D eigenvalue weighted by atomic mass is 10.0. The fourth-order valence-electron chi connectivity index (χ4n) is 1.03. The van der Waals surface area contributed by atoms with Crippen molar-refractivity contribution in [2.45, 2.75) is 24.7 Å². The molecule has 4 nitrogen and oxygen atoms in total. The van der Waals surface area contributed by atoms with E-state index in [1.165, 1.54) is 26.4 Å². The zero-order valence-electron chi connectivity index (χ0n) is 8.39. The van der Waals surface area contributed by atoms with Crippen LogP contribution in [0.1, 0.15) is 25.5 Å². The first-order valence-electron chi connectivity index (χ1n) is 4.16. The van der Waals surface area contributed by atoms with E-state index in [2.05, 4.69) is 0 Å². The normalized spacial score (nSPS) is 15.4. The van der Waals surface area contributed by atoms with Gasteiger partial charge in [-0.25, -0.2) is 8.42 Å². The number of aliphatic hydroxyl groups is 1. The average molecular weight is 218 g/mol. The van der Waals surface area contributed by atoms with Gasteiger partial charge in [0.2, 0.25) is 0 Å². The van der Waals surface area contributed by atoms with Crippen LogP contribution in [0.3, 0.4) is 0 Å². The Morgan fingerprint density at radius 1 is 1.50 bits per heavy atom. The molecule has 0 spiro atoms. The monoisotopic (exact) mass is 218 g/mol. The van der Waals surface area contributed by atoms with Crippen LogP contribution in [0.25, 0.3) is 0 Å². The van der Waals surface area contributed by atoms with Crippen molar-refractivity contribution in [3.05, 3.63) is 24.2 Å². The van der Waals surface area contributed by atoms with E-state index in [0.29, 0.717) is 5.56 Å². The highest BCUT2D eigenvalue weighted by Gasteiger charge is 2.39. The van der Waals surface area contributed by atoms with E-state index >= 15 is 0 Å². The van der Waals surface area contributed by atoms with Crippen molar-refractivity contribution >= 4 is 9.84 Å². The number of hydrogen-bond donors (Lipinski definition) is 1. The van der Waals surface area contributed by atoms with Gasteiger partial charge in [0.05, 0.1) is 17.3 Å². The van der Waals surface area contributed by atoms with Gasteiger partial charge in [-0.3, -0.25) is 0 Å². The maximum atomic E-state index is 11.4. The van der Waals surface area contributed by atoms with Crippen molar-refractivity contribution in [3.63, 3.8) is 0 Å². The van der Waals surface area contributed by atoms with Crippen molar-refractivity contribution in [2.75, 3.05) is 6.26 Å². The van der Waals surface area contributed by atoms with Crippen molar-refractivity contribution in [1.29, 1.82) is 0 Å². The van der Waals surface area contributed by atoms with E-state index in [0.717, 1.165) is 6.26 Å². The molecular formula is C9H14O4S. The molecule has 0 aliphatic carbocycles. The van der Waals surface area contributed by atoms with E-state index < -0.39 is 20.7 Å². The van der Waals surface area contributed by atoms with Crippen LogP contribution < -0.4 is 0 Å². The van der Waals surface area contributed by atoms with Crippen molar-refractivity contribution in [1.82, 2.24) is 0 Å². The highest BCUT2D eigenvalue weighted by atomic mass is 32.2. The van der Waals surface area contributed by atoms with Crippen LogP contribution in [0, 0.1) is 0 Å². The highest BCUT2D eigenvalue weighted by molar-refractivity contribution is 7.92. The highest BCUT2D eigenvalue weighted by Crippen LogP contribution is 2.31. The molecule has 0 amide bonds. The van der Waals surface area contributed by atoms with Crippen LogP contribution in [-0.2, 0) is 9.84 Å². The summed E-state index contributed by atoms with van der Waals surface area (Å²) >= 11 is 0. The molecule has 0 saturated heterocycles. The second-order valence-corrected chi connectivity index (χ2v) is 6.43. The molecule has 5 heteroatoms. The fraction of sp³-hybridized carbons (Fsp3) is 0.556. The smallest absolute Gasteiger partial charge is 0.155 e. The largest absolute Gasteiger partial charge is 0.472 e. The quantitative estimate of drug-likeness (QED) is 0.826. The summed E-state index contributed by atoms with van der Waals surface area (Å²) in [7, 11) is -3.32. The number of sulfone groups is 1. The molecule has 80 valence electrons. The molecule has 1 heterocycles. The molecule has 1 unspecified atom stereocenters. The third kappa shape index (κ3) is 1.83. The van der Waals surface area contributed by atoms with E-state index in [1.54, 1.807) is 6.07 Å². The van der Waals surface area contributed by atoms with Gasteiger partial charge >= 0.3 is 0 Å². The van der Waals surface area contributed by atoms with Gasteiger partial charge in [-0.15, -0.1) is 0 Å². The van der Waals surface area contributed by atoms with E-state index in [-0.39, 0.29) is 0 Å². The van der Waals surface area contributed by atoms with Gasteiger partial charge in [0.1, 0.15) is 6.10 Å². The molecule has 0 aliphatic heterocycles. The lowest BCUT2D eigenvalue weighted by Crippen LogP contribution is -2.37. The van der Waals surface area contributed by atoms with E-state index in [4.69, 9.17) is 4.42 Å². The molecule has 0 radical (unpaired) electrons. The number of rotatable bonds is 3. The Labute approximate surface area is 83.5 Å². The molecule has 0 aliphatic rings. The lowest BCUT2D eigenvalue weighted by Gasteiger charge is -2.27. The maximum absolute atomic E-state index is 11.4. The molecular weight excluding hydrogens is 204 g/mol. The maximum Gasteiger partial charge on any atom is 0.155 e. The minimum absolute atomic E-state index is 0.473. The third-order valence-electron chi connectivity index (χ3n) is 2.47. The molecule has 14 heavy (non-hydrogen) atoms. The molecule has 1 atom stereocenters. The summed E-state index contributed by atoms with van der Waals surface area (Å²) in [6.45, 7) is 2.97. The van der Waals surface area contributed by atoms with E-state index in [1.807, 2.05) is 0 Å². The molecule has 0 saturated carbocycles. The Morgan fingerprint density at radius 2 is 2.07 bits per heavy atom. The molecule has 0 fully saturated rings. The third-order valence-corrected chi connectivity index (χ3v) is 4.61. The SMILES string of the molecule is CC(C)(C(O)c1ccoc1)S(C)(=O)=O. The second kappa shape index (κ2) is 3.40. The minimum atomic E-state index is -3.32. The number of furan rings is 1. The summed E-state index contributed by atoms with van der Waals surface area (Å²) < 4.78 is 26.4. The summed E-state index contributed by atoms with van der Waals surface area (Å²) in [5, 5.41) is 9.83. The summed E-state index contributed by atoms with van der Waals surface area (Å²) in [5.74, 6) is 0. The van der Waals surface area contributed by atoms with Gasteiger partial charge in [0, 0.05) is 11.8 Å². The Balaban J connectivity index is 3.07. The predicted octanol–water partition coefficient (Wildman–Crippen LogP) is 1.14. The van der Waals surface area contributed by atoms with Crippen LogP contribution in [-0.4, -0.2) is 24.5 Å². The van der Waals surface area contributed by atoms with Crippen LogP contribution in [0.4, 0.5) is 0 Å². The molecule has 1 N–H and O–H groups in total. The first kappa shape index (κ1) is 11.3. The summed E-state index contributed by atoms with van der Waals surface area (Å²) in [5.41, 5.74) is 0.473. The van der Waals surface area contributed by atoms with Gasteiger partial charge in [0.25, 0.3) is 0 Å². The number of hydrogen-bond acceptors (Lipinski definition) is 4. The topological polar surface area (TPSA) is 67.5 Å². The Morgan fingerprint density at radius 3 is 2.43 bits per heavy atom. The van der Waals surface area contributed by atoms with Crippen LogP contribution >= 0.6 is 0 Å². The van der Waals surface area contributed by atoms with Gasteiger partial charge in [-0.05, 0) is 19.9 Å². The molecule has 1 rings (SSSR count). The van der Waals surface area contributed by atoms with Crippen molar-refractivity contribution in [2.24, 2.45) is 0 Å². The first-order chi connectivity index (χ1) is 6.27. The summed E-state index contributed by atoms with van der Waals surface area (Å²) in [6.07, 6.45) is 2.78. The predicted molar refractivity (Wildman–Crippen MR) is 52.6 cm³/mol. The zero-order chi connectivity index (χ0) is 11.0. The fourth-order valence-corrected chi connectivity index (χ4v) is 1.58. The second-order valence-electron chi connectivity index (χ2n) is 3.83. The van der Waals surface area contributed by atoms with Crippen LogP contribution in [0.5, 0.6) is 0 Å². The first-order valence-corrected chi connectivity index (χ1v) is 6.05. The number of aliphatic hydroxyl groups excluding tert-OH is 1. The molecule has 0 bridgehead atoms. The van der Waals surface area contributed by atoms with Crippen LogP contribution in [0.2, 0.25) is 0 Å². The molecule has 1 aromatic heterocycles. The summed E-state index contributed by atoms with van der Waals surface area (Å²) in [6, 6.07) is 1.55. The standard InChI is InChI=1S/C9H14O4S/c1-9(2,14(3,11)12)8(10)7-4-5-13-6-7/h4-6,8,10H,1-3H3. The van der Waals surface area contributed by atoms with Crippen LogP contribution in [0.15, 0.2) is 23.0 Å². The van der Waals surface area contributed by atoms with Gasteiger partial charge in [0.15, 0.2) is 9.84 Å². The minimum Gasteiger partial charge on any atom is -0.472 e. The Hall–Kier alpha value is -0.810. The lowest BCUT2D eigenvalue weighted by molar-refractivity contribution is 0.138. The van der Waals surface area contributed by atoms with E-state index in [9.17, 15) is 13.5 Å². The molecule has 1 aromatic rings. The Bertz CT molecular complexity index is 388. The van der Waals surface area contributed by atoms with Gasteiger partial charge in [-0.1, -0.05) is 0 Å². The molecule has 0 aromatic carbocycles. The van der Waals surface area contributed by atoms with Crippen molar-refractivity contribution < 1.29 is 17.9 Å². The van der Waals surface area contributed by atoms with Gasteiger partial charge in [-0.2, -0.15) is 0 Å². The van der Waals surface area contributed by atoms with Gasteiger partial charge < -0.3 is 9.52 Å². The van der Waals surface area contributed by atoms with Crippen molar-refractivity contribution in [3.8, 4) is 0 Å². The zero-order valence-corrected chi connectivity index (χ0v) is 9.21.